The van der Waals surface area contributed by atoms with Gasteiger partial charge in [0.25, 0.3) is 5.91 Å². The lowest BCUT2D eigenvalue weighted by Gasteiger charge is -2.37. The SMILES string of the molecule is CC(C)N1CCN(C(=O)c2ccc(CN3CCOCC3)cc2)CC1.O=C(O)C=CC(=O)O.O=C(O)C=CC(=O)O. The van der Waals surface area contributed by atoms with Crippen LogP contribution in [0.2, 0.25) is 0 Å². The molecule has 0 aliphatic carbocycles. The van der Waals surface area contributed by atoms with Gasteiger partial charge in [-0.1, -0.05) is 12.1 Å². The minimum Gasteiger partial charge on any atom is -0.478 e. The molecule has 0 saturated carbocycles. The van der Waals surface area contributed by atoms with Gasteiger partial charge in [-0.2, -0.15) is 0 Å². The van der Waals surface area contributed by atoms with Crippen LogP contribution in [0.5, 0.6) is 0 Å². The Hall–Kier alpha value is -4.07. The first kappa shape index (κ1) is 34.0. The van der Waals surface area contributed by atoms with Crippen molar-refractivity contribution in [2.75, 3.05) is 52.5 Å². The van der Waals surface area contributed by atoms with E-state index in [0.29, 0.717) is 30.3 Å². The Bertz CT molecular complexity index is 973. The van der Waals surface area contributed by atoms with E-state index < -0.39 is 23.9 Å². The Morgan fingerprint density at radius 1 is 0.725 bits per heavy atom. The van der Waals surface area contributed by atoms with Crippen LogP contribution in [0.15, 0.2) is 48.6 Å². The molecule has 1 aromatic carbocycles. The van der Waals surface area contributed by atoms with Gasteiger partial charge < -0.3 is 30.1 Å². The van der Waals surface area contributed by atoms with Crippen molar-refractivity contribution in [2.45, 2.75) is 26.4 Å². The van der Waals surface area contributed by atoms with E-state index in [2.05, 4.69) is 35.8 Å². The largest absolute Gasteiger partial charge is 0.478 e. The summed E-state index contributed by atoms with van der Waals surface area (Å²) in [7, 11) is 0. The van der Waals surface area contributed by atoms with Crippen molar-refractivity contribution in [3.8, 4) is 0 Å². The molecule has 2 aliphatic rings. The van der Waals surface area contributed by atoms with E-state index in [1.807, 2.05) is 17.0 Å². The van der Waals surface area contributed by atoms with Crippen LogP contribution in [-0.4, -0.2) is 123 Å². The van der Waals surface area contributed by atoms with Crippen molar-refractivity contribution in [2.24, 2.45) is 0 Å². The highest BCUT2D eigenvalue weighted by molar-refractivity contribution is 5.94. The predicted molar refractivity (Wildman–Crippen MR) is 144 cm³/mol. The number of carboxylic acids is 4. The molecule has 0 bridgehead atoms. The second kappa shape index (κ2) is 18.3. The highest BCUT2D eigenvalue weighted by Crippen LogP contribution is 2.13. The van der Waals surface area contributed by atoms with E-state index in [-0.39, 0.29) is 5.91 Å². The third-order valence-electron chi connectivity index (χ3n) is 5.78. The lowest BCUT2D eigenvalue weighted by atomic mass is 10.1. The van der Waals surface area contributed by atoms with Crippen molar-refractivity contribution in [3.05, 3.63) is 59.7 Å². The number of carboxylic acid groups (broad SMARTS) is 4. The molecule has 0 spiro atoms. The topological polar surface area (TPSA) is 185 Å². The smallest absolute Gasteiger partial charge is 0.328 e. The van der Waals surface area contributed by atoms with Crippen LogP contribution in [0.25, 0.3) is 0 Å². The summed E-state index contributed by atoms with van der Waals surface area (Å²) in [5, 5.41) is 31.2. The number of hydrogen-bond acceptors (Lipinski definition) is 8. The highest BCUT2D eigenvalue weighted by Gasteiger charge is 2.23. The van der Waals surface area contributed by atoms with Crippen LogP contribution in [0, 0.1) is 0 Å². The third-order valence-corrected chi connectivity index (χ3v) is 5.78. The first-order valence-electron chi connectivity index (χ1n) is 12.6. The Labute approximate surface area is 232 Å². The monoisotopic (exact) mass is 563 g/mol. The predicted octanol–water partition coefficient (Wildman–Crippen LogP) is 1.11. The van der Waals surface area contributed by atoms with Crippen LogP contribution >= 0.6 is 0 Å². The molecule has 0 atom stereocenters. The lowest BCUT2D eigenvalue weighted by molar-refractivity contribution is -0.134. The Morgan fingerprint density at radius 2 is 1.15 bits per heavy atom. The molecule has 2 heterocycles. The zero-order chi connectivity index (χ0) is 30.1. The molecule has 2 saturated heterocycles. The number of hydrogen-bond donors (Lipinski definition) is 4. The molecule has 0 radical (unpaired) electrons. The summed E-state index contributed by atoms with van der Waals surface area (Å²) in [5.74, 6) is -4.86. The minimum absolute atomic E-state index is 0.163. The van der Waals surface area contributed by atoms with E-state index in [1.165, 1.54) is 5.56 Å². The van der Waals surface area contributed by atoms with Gasteiger partial charge in [-0.05, 0) is 31.5 Å². The molecule has 4 N–H and O–H groups in total. The van der Waals surface area contributed by atoms with E-state index >= 15 is 0 Å². The van der Waals surface area contributed by atoms with Crippen molar-refractivity contribution < 1.29 is 49.1 Å². The van der Waals surface area contributed by atoms with Crippen molar-refractivity contribution in [3.63, 3.8) is 0 Å². The van der Waals surface area contributed by atoms with Gasteiger partial charge in [0.1, 0.15) is 0 Å². The molecular formula is C27H37N3O10. The number of rotatable bonds is 8. The molecule has 1 aromatic rings. The zero-order valence-electron chi connectivity index (χ0n) is 22.6. The number of benzene rings is 1. The molecular weight excluding hydrogens is 526 g/mol. The van der Waals surface area contributed by atoms with Crippen LogP contribution in [-0.2, 0) is 30.5 Å². The number of piperazine rings is 1. The van der Waals surface area contributed by atoms with Crippen molar-refractivity contribution >= 4 is 29.8 Å². The lowest BCUT2D eigenvalue weighted by Crippen LogP contribution is -2.50. The quantitative estimate of drug-likeness (QED) is 0.331. The van der Waals surface area contributed by atoms with Crippen molar-refractivity contribution in [1.82, 2.24) is 14.7 Å². The normalized spacial score (nSPS) is 16.1. The van der Waals surface area contributed by atoms with Gasteiger partial charge in [0, 0.05) is 81.7 Å². The summed E-state index contributed by atoms with van der Waals surface area (Å²) in [6.45, 7) is 12.6. The standard InChI is InChI=1S/C19H29N3O2.2C4H4O4/c1-16(2)21-7-9-22(10-8-21)19(23)18-5-3-17(4-6-18)15-20-11-13-24-14-12-20;2*5-3(6)1-2-4(7)8/h3-6,16H,7-15H2,1-2H3;2*1-2H,(H,5,6)(H,7,8). The number of aliphatic carboxylic acids is 4. The van der Waals surface area contributed by atoms with E-state index in [9.17, 15) is 24.0 Å². The van der Waals surface area contributed by atoms with Crippen LogP contribution in [0.3, 0.4) is 0 Å². The molecule has 13 nitrogen and oxygen atoms in total. The Morgan fingerprint density at radius 3 is 1.52 bits per heavy atom. The van der Waals surface area contributed by atoms with Gasteiger partial charge in [-0.15, -0.1) is 0 Å². The molecule has 220 valence electrons. The summed E-state index contributed by atoms with van der Waals surface area (Å²) in [4.78, 5) is 57.7. The maximum absolute atomic E-state index is 12.7. The second-order valence-corrected chi connectivity index (χ2v) is 9.03. The summed E-state index contributed by atoms with van der Waals surface area (Å²) in [6, 6.07) is 8.70. The zero-order valence-corrected chi connectivity index (χ0v) is 22.6. The fraction of sp³-hybridized carbons (Fsp3) is 0.444. The Balaban J connectivity index is 0.000000412. The molecule has 2 aliphatic heterocycles. The average molecular weight is 564 g/mol. The molecule has 40 heavy (non-hydrogen) atoms. The number of carbonyl (C=O) groups is 5. The molecule has 2 fully saturated rings. The number of carbonyl (C=O) groups excluding carboxylic acids is 1. The maximum atomic E-state index is 12.7. The third kappa shape index (κ3) is 14.8. The number of morpholine rings is 1. The summed E-state index contributed by atoms with van der Waals surface area (Å²) < 4.78 is 5.38. The fourth-order valence-corrected chi connectivity index (χ4v) is 3.68. The van der Waals surface area contributed by atoms with Crippen molar-refractivity contribution in [1.29, 1.82) is 0 Å². The molecule has 0 aromatic heterocycles. The maximum Gasteiger partial charge on any atom is 0.328 e. The number of nitrogens with zero attached hydrogens (tertiary/aromatic N) is 3. The molecule has 0 unspecified atom stereocenters. The second-order valence-electron chi connectivity index (χ2n) is 9.03. The first-order chi connectivity index (χ1) is 18.9. The number of amides is 1. The van der Waals surface area contributed by atoms with E-state index in [4.69, 9.17) is 25.2 Å². The summed E-state index contributed by atoms with van der Waals surface area (Å²) in [5.41, 5.74) is 2.07. The summed E-state index contributed by atoms with van der Waals surface area (Å²) in [6.07, 6.45) is 2.23. The first-order valence-corrected chi connectivity index (χ1v) is 12.6. The molecule has 13 heteroatoms. The summed E-state index contributed by atoms with van der Waals surface area (Å²) >= 11 is 0. The van der Waals surface area contributed by atoms with Crippen LogP contribution in [0.4, 0.5) is 0 Å². The van der Waals surface area contributed by atoms with E-state index in [1.54, 1.807) is 0 Å². The van der Waals surface area contributed by atoms with Gasteiger partial charge in [0.2, 0.25) is 0 Å². The van der Waals surface area contributed by atoms with Gasteiger partial charge in [0.15, 0.2) is 0 Å². The van der Waals surface area contributed by atoms with Gasteiger partial charge in [-0.25, -0.2) is 19.2 Å². The van der Waals surface area contributed by atoms with Gasteiger partial charge in [0.05, 0.1) is 13.2 Å². The van der Waals surface area contributed by atoms with Gasteiger partial charge >= 0.3 is 23.9 Å². The Kier molecular flexibility index (Phi) is 15.5. The van der Waals surface area contributed by atoms with Crippen LogP contribution in [0.1, 0.15) is 29.8 Å². The number of ether oxygens (including phenoxy) is 1. The molecule has 1 amide bonds. The minimum atomic E-state index is -1.26. The van der Waals surface area contributed by atoms with Crippen LogP contribution < -0.4 is 0 Å². The van der Waals surface area contributed by atoms with E-state index in [0.717, 1.165) is 64.6 Å². The highest BCUT2D eigenvalue weighted by atomic mass is 16.5. The molecule has 3 rings (SSSR count). The fourth-order valence-electron chi connectivity index (χ4n) is 3.68. The van der Waals surface area contributed by atoms with Gasteiger partial charge in [-0.3, -0.25) is 14.6 Å². The average Bonchev–Trinajstić information content (AvgIpc) is 2.92.